The Bertz CT molecular complexity index is 483. The van der Waals surface area contributed by atoms with Gasteiger partial charge in [0.15, 0.2) is 6.10 Å². The van der Waals surface area contributed by atoms with E-state index in [1.165, 1.54) is 18.2 Å². The second-order valence-corrected chi connectivity index (χ2v) is 4.69. The summed E-state index contributed by atoms with van der Waals surface area (Å²) in [6.07, 6.45) is -7.80. The lowest BCUT2D eigenvalue weighted by molar-refractivity contribution is -0.204. The van der Waals surface area contributed by atoms with Crippen LogP contribution in [0.2, 0.25) is 10.0 Å². The van der Waals surface area contributed by atoms with Crippen molar-refractivity contribution in [1.29, 1.82) is 0 Å². The zero-order chi connectivity index (χ0) is 15.3. The summed E-state index contributed by atoms with van der Waals surface area (Å²) in [4.78, 5) is 11.4. The monoisotopic (exact) mass is 330 g/mol. The van der Waals surface area contributed by atoms with Crippen LogP contribution in [0.4, 0.5) is 23.7 Å². The summed E-state index contributed by atoms with van der Waals surface area (Å²) in [6, 6.07) is 3.63. The quantitative estimate of drug-likeness (QED) is 0.792. The summed E-state index contributed by atoms with van der Waals surface area (Å²) < 4.78 is 36.0. The molecule has 0 saturated heterocycles. The number of alkyl halides is 3. The van der Waals surface area contributed by atoms with Crippen molar-refractivity contribution < 1.29 is 23.1 Å². The van der Waals surface area contributed by atoms with Gasteiger partial charge in [0, 0.05) is 11.6 Å². The molecule has 1 unspecified atom stereocenters. The maximum absolute atomic E-state index is 12.0. The van der Waals surface area contributed by atoms with Gasteiger partial charge in [0.2, 0.25) is 0 Å². The van der Waals surface area contributed by atoms with E-state index in [1.807, 2.05) is 0 Å². The fourth-order valence-electron chi connectivity index (χ4n) is 1.24. The Morgan fingerprint density at radius 3 is 2.55 bits per heavy atom. The van der Waals surface area contributed by atoms with Gasteiger partial charge >= 0.3 is 12.2 Å². The van der Waals surface area contributed by atoms with Gasteiger partial charge in [0.05, 0.1) is 10.7 Å². The van der Waals surface area contributed by atoms with Gasteiger partial charge in [-0.1, -0.05) is 23.2 Å². The van der Waals surface area contributed by atoms with Gasteiger partial charge < -0.3 is 15.7 Å². The highest BCUT2D eigenvalue weighted by Crippen LogP contribution is 2.25. The Kier molecular flexibility index (Phi) is 5.91. The number of aliphatic hydroxyl groups excluding tert-OH is 1. The number of hydrogen-bond donors (Lipinski definition) is 3. The highest BCUT2D eigenvalue weighted by Gasteiger charge is 2.37. The third kappa shape index (κ3) is 5.44. The van der Waals surface area contributed by atoms with Crippen LogP contribution in [0.25, 0.3) is 0 Å². The number of urea groups is 1. The van der Waals surface area contributed by atoms with Gasteiger partial charge in [-0.2, -0.15) is 13.2 Å². The fourth-order valence-corrected chi connectivity index (χ4v) is 1.70. The van der Waals surface area contributed by atoms with Crippen molar-refractivity contribution in [3.05, 3.63) is 28.2 Å². The zero-order valence-electron chi connectivity index (χ0n) is 9.97. The summed E-state index contributed by atoms with van der Waals surface area (Å²) in [5, 5.41) is 13.8. The van der Waals surface area contributed by atoms with Crippen molar-refractivity contribution >= 4 is 34.9 Å². The number of aliphatic hydroxyl groups is 1. The first-order chi connectivity index (χ1) is 9.20. The van der Waals surface area contributed by atoms with Crippen LogP contribution in [0.15, 0.2) is 18.2 Å². The van der Waals surface area contributed by atoms with E-state index in [0.717, 1.165) is 0 Å². The molecule has 0 radical (unpaired) electrons. The van der Waals surface area contributed by atoms with E-state index in [-0.39, 0.29) is 17.3 Å². The van der Waals surface area contributed by atoms with E-state index in [4.69, 9.17) is 28.3 Å². The largest absolute Gasteiger partial charge is 0.414 e. The third-order valence-electron chi connectivity index (χ3n) is 2.26. The van der Waals surface area contributed by atoms with Crippen molar-refractivity contribution in [2.75, 3.05) is 11.9 Å². The lowest BCUT2D eigenvalue weighted by atomic mass is 10.2. The van der Waals surface area contributed by atoms with E-state index in [0.29, 0.717) is 5.02 Å². The predicted molar refractivity (Wildman–Crippen MR) is 70.2 cm³/mol. The average molecular weight is 331 g/mol. The van der Waals surface area contributed by atoms with E-state index in [2.05, 4.69) is 10.6 Å². The Balaban J connectivity index is 2.41. The Morgan fingerprint density at radius 2 is 2.00 bits per heavy atom. The van der Waals surface area contributed by atoms with Crippen LogP contribution in [0.1, 0.15) is 6.42 Å². The number of carbonyl (C=O) groups is 1. The number of rotatable bonds is 4. The number of carbonyl (C=O) groups excluding carboxylic acids is 1. The second-order valence-electron chi connectivity index (χ2n) is 3.85. The van der Waals surface area contributed by atoms with Gasteiger partial charge in [0.25, 0.3) is 0 Å². The second kappa shape index (κ2) is 7.01. The first kappa shape index (κ1) is 16.9. The minimum absolute atomic E-state index is 0.197. The molecule has 1 aromatic carbocycles. The molecule has 9 heteroatoms. The number of hydrogen-bond acceptors (Lipinski definition) is 2. The van der Waals surface area contributed by atoms with Crippen LogP contribution in [0.5, 0.6) is 0 Å². The van der Waals surface area contributed by atoms with Crippen molar-refractivity contribution in [3.8, 4) is 0 Å². The topological polar surface area (TPSA) is 61.4 Å². The molecule has 0 aliphatic carbocycles. The summed E-state index contributed by atoms with van der Waals surface area (Å²) in [5.41, 5.74) is 0.268. The normalized spacial score (nSPS) is 12.9. The van der Waals surface area contributed by atoms with Crippen LogP contribution >= 0.6 is 23.2 Å². The van der Waals surface area contributed by atoms with E-state index in [1.54, 1.807) is 0 Å². The first-order valence-corrected chi connectivity index (χ1v) is 6.20. The van der Waals surface area contributed by atoms with Gasteiger partial charge in [-0.25, -0.2) is 4.79 Å². The zero-order valence-corrected chi connectivity index (χ0v) is 11.5. The predicted octanol–water partition coefficient (Wildman–Crippen LogP) is 3.43. The number of halogens is 5. The van der Waals surface area contributed by atoms with Crippen LogP contribution in [0, 0.1) is 0 Å². The fraction of sp³-hybridized carbons (Fsp3) is 0.364. The maximum Gasteiger partial charge on any atom is 0.414 e. The molecule has 20 heavy (non-hydrogen) atoms. The van der Waals surface area contributed by atoms with Crippen molar-refractivity contribution in [2.45, 2.75) is 18.7 Å². The van der Waals surface area contributed by atoms with E-state index in [9.17, 15) is 18.0 Å². The molecular weight excluding hydrogens is 320 g/mol. The molecule has 1 atom stereocenters. The Morgan fingerprint density at radius 1 is 1.35 bits per heavy atom. The molecule has 112 valence electrons. The SMILES string of the molecule is O=C(NCCC(O)C(F)(F)F)Nc1ccc(Cl)cc1Cl. The van der Waals surface area contributed by atoms with Crippen LogP contribution < -0.4 is 10.6 Å². The molecule has 0 bridgehead atoms. The molecule has 0 aliphatic rings. The summed E-state index contributed by atoms with van der Waals surface area (Å²) >= 11 is 11.5. The number of amides is 2. The average Bonchev–Trinajstić information content (AvgIpc) is 2.31. The molecule has 0 heterocycles. The van der Waals surface area contributed by atoms with Gasteiger partial charge in [-0.05, 0) is 24.6 Å². The molecule has 0 aliphatic heterocycles. The highest BCUT2D eigenvalue weighted by molar-refractivity contribution is 6.36. The molecular formula is C11H11Cl2F3N2O2. The molecule has 1 aromatic rings. The molecule has 0 saturated carbocycles. The third-order valence-corrected chi connectivity index (χ3v) is 2.81. The summed E-state index contributed by atoms with van der Waals surface area (Å²) in [6.45, 7) is -0.336. The van der Waals surface area contributed by atoms with Crippen LogP contribution in [-0.2, 0) is 0 Å². The number of anilines is 1. The Labute approximate surface area is 122 Å². The molecule has 4 nitrogen and oxygen atoms in total. The van der Waals surface area contributed by atoms with Crippen molar-refractivity contribution in [1.82, 2.24) is 5.32 Å². The van der Waals surface area contributed by atoms with E-state index < -0.39 is 24.7 Å². The molecule has 3 N–H and O–H groups in total. The summed E-state index contributed by atoms with van der Waals surface area (Å²) in [5.74, 6) is 0. The first-order valence-electron chi connectivity index (χ1n) is 5.45. The number of benzene rings is 1. The summed E-state index contributed by atoms with van der Waals surface area (Å²) in [7, 11) is 0. The maximum atomic E-state index is 12.0. The van der Waals surface area contributed by atoms with Crippen molar-refractivity contribution in [3.63, 3.8) is 0 Å². The molecule has 0 aromatic heterocycles. The molecule has 0 fully saturated rings. The molecule has 2 amide bonds. The van der Waals surface area contributed by atoms with Gasteiger partial charge in [0.1, 0.15) is 0 Å². The van der Waals surface area contributed by atoms with Crippen LogP contribution in [0.3, 0.4) is 0 Å². The minimum atomic E-state index is -4.70. The highest BCUT2D eigenvalue weighted by atomic mass is 35.5. The smallest absolute Gasteiger partial charge is 0.384 e. The van der Waals surface area contributed by atoms with Crippen molar-refractivity contribution in [2.24, 2.45) is 0 Å². The molecule has 1 rings (SSSR count). The standard InChI is InChI=1S/C11H11Cl2F3N2O2/c12-6-1-2-8(7(13)5-6)18-10(20)17-4-3-9(19)11(14,15)16/h1-2,5,9,19H,3-4H2,(H2,17,18,20). The van der Waals surface area contributed by atoms with Crippen LogP contribution in [-0.4, -0.2) is 30.0 Å². The lowest BCUT2D eigenvalue weighted by Gasteiger charge is -2.15. The number of nitrogens with one attached hydrogen (secondary N) is 2. The molecule has 0 spiro atoms. The van der Waals surface area contributed by atoms with Gasteiger partial charge in [-0.3, -0.25) is 0 Å². The van der Waals surface area contributed by atoms with Gasteiger partial charge in [-0.15, -0.1) is 0 Å². The van der Waals surface area contributed by atoms with E-state index >= 15 is 0 Å². The Hall–Kier alpha value is -1.18. The lowest BCUT2D eigenvalue weighted by Crippen LogP contribution is -2.35. The minimum Gasteiger partial charge on any atom is -0.384 e.